The Balaban J connectivity index is 1.82. The van der Waals surface area contributed by atoms with Crippen molar-refractivity contribution in [3.8, 4) is 0 Å². The van der Waals surface area contributed by atoms with Crippen LogP contribution in [0, 0.1) is 5.92 Å². The molecule has 2 atom stereocenters. The van der Waals surface area contributed by atoms with Crippen molar-refractivity contribution < 1.29 is 4.74 Å². The summed E-state index contributed by atoms with van der Waals surface area (Å²) in [6, 6.07) is 6.79. The van der Waals surface area contributed by atoms with Crippen LogP contribution in [0.5, 0.6) is 0 Å². The van der Waals surface area contributed by atoms with Gasteiger partial charge in [-0.1, -0.05) is 25.1 Å². The Morgan fingerprint density at radius 2 is 2.10 bits per heavy atom. The molecule has 0 saturated carbocycles. The van der Waals surface area contributed by atoms with Gasteiger partial charge in [-0.25, -0.2) is 0 Å². The quantitative estimate of drug-likeness (QED) is 0.822. The Hall–Kier alpha value is -1.06. The van der Waals surface area contributed by atoms with E-state index in [2.05, 4.69) is 49.0 Å². The molecule has 0 amide bonds. The van der Waals surface area contributed by atoms with Gasteiger partial charge in [0.1, 0.15) is 0 Å². The van der Waals surface area contributed by atoms with Crippen LogP contribution < -0.4 is 4.90 Å². The number of anilines is 1. The van der Waals surface area contributed by atoms with Crippen molar-refractivity contribution in [2.24, 2.45) is 5.92 Å². The average Bonchev–Trinajstić information content (AvgIpc) is 2.38. The van der Waals surface area contributed by atoms with Crippen molar-refractivity contribution in [3.05, 3.63) is 29.3 Å². The van der Waals surface area contributed by atoms with E-state index < -0.39 is 0 Å². The van der Waals surface area contributed by atoms with Gasteiger partial charge in [0.25, 0.3) is 0 Å². The highest BCUT2D eigenvalue weighted by atomic mass is 16.5. The first-order valence-corrected chi connectivity index (χ1v) is 7.75. The van der Waals surface area contributed by atoms with Crippen LogP contribution in [0.3, 0.4) is 0 Å². The van der Waals surface area contributed by atoms with Crippen molar-refractivity contribution in [3.63, 3.8) is 0 Å². The molecule has 2 heterocycles. The van der Waals surface area contributed by atoms with Crippen LogP contribution in [0.4, 0.5) is 5.69 Å². The van der Waals surface area contributed by atoms with E-state index in [1.165, 1.54) is 23.2 Å². The second kappa shape index (κ2) is 5.74. The van der Waals surface area contributed by atoms with Gasteiger partial charge in [-0.05, 0) is 30.5 Å². The largest absolute Gasteiger partial charge is 0.375 e. The molecule has 2 aliphatic rings. The summed E-state index contributed by atoms with van der Waals surface area (Å²) < 4.78 is 5.94. The van der Waals surface area contributed by atoms with Gasteiger partial charge in [-0.3, -0.25) is 0 Å². The zero-order valence-corrected chi connectivity index (χ0v) is 12.9. The third kappa shape index (κ3) is 2.84. The van der Waals surface area contributed by atoms with E-state index in [0.717, 1.165) is 38.6 Å². The molecule has 3 nitrogen and oxygen atoms in total. The van der Waals surface area contributed by atoms with Crippen LogP contribution in [-0.4, -0.2) is 51.3 Å². The topological polar surface area (TPSA) is 15.7 Å². The molecule has 1 aromatic rings. The highest BCUT2D eigenvalue weighted by Gasteiger charge is 2.24. The minimum absolute atomic E-state index is 0.341. The van der Waals surface area contributed by atoms with E-state index in [1.807, 2.05) is 0 Å². The number of fused-ring (bicyclic) bond motifs is 1. The molecular formula is C17H26N2O. The monoisotopic (exact) mass is 274 g/mol. The van der Waals surface area contributed by atoms with E-state index in [-0.39, 0.29) is 0 Å². The molecular weight excluding hydrogens is 248 g/mol. The number of likely N-dealkylation sites (N-methyl/N-ethyl adjacent to an activating group) is 1. The Morgan fingerprint density at radius 3 is 2.90 bits per heavy atom. The fourth-order valence-corrected chi connectivity index (χ4v) is 3.70. The lowest BCUT2D eigenvalue weighted by Gasteiger charge is -2.35. The van der Waals surface area contributed by atoms with Crippen molar-refractivity contribution in [1.82, 2.24) is 4.90 Å². The summed E-state index contributed by atoms with van der Waals surface area (Å²) in [6.45, 7) is 6.47. The normalized spacial score (nSPS) is 27.4. The maximum atomic E-state index is 5.94. The second-order valence-corrected chi connectivity index (χ2v) is 6.57. The van der Waals surface area contributed by atoms with Crippen molar-refractivity contribution >= 4 is 5.69 Å². The summed E-state index contributed by atoms with van der Waals surface area (Å²) in [7, 11) is 4.41. The number of hydrogen-bond donors (Lipinski definition) is 0. The van der Waals surface area contributed by atoms with E-state index in [0.29, 0.717) is 6.10 Å². The van der Waals surface area contributed by atoms with E-state index in [1.54, 1.807) is 0 Å². The van der Waals surface area contributed by atoms with Crippen molar-refractivity contribution in [2.45, 2.75) is 25.9 Å². The SMILES string of the molecule is C[C@@H]1Cc2cccc(C[C@H]3CN(C)CCO3)c2N(C)C1. The molecule has 0 spiro atoms. The molecule has 3 heteroatoms. The summed E-state index contributed by atoms with van der Waals surface area (Å²) in [5, 5.41) is 0. The van der Waals surface area contributed by atoms with Gasteiger partial charge in [0.05, 0.1) is 12.7 Å². The third-order valence-electron chi connectivity index (χ3n) is 4.53. The summed E-state index contributed by atoms with van der Waals surface area (Å²) in [5.41, 5.74) is 4.42. The van der Waals surface area contributed by atoms with Crippen LogP contribution in [-0.2, 0) is 17.6 Å². The zero-order valence-electron chi connectivity index (χ0n) is 12.9. The van der Waals surface area contributed by atoms with Gasteiger partial charge >= 0.3 is 0 Å². The van der Waals surface area contributed by atoms with Crippen LogP contribution in [0.2, 0.25) is 0 Å². The van der Waals surface area contributed by atoms with E-state index >= 15 is 0 Å². The molecule has 1 saturated heterocycles. The molecule has 3 rings (SSSR count). The highest BCUT2D eigenvalue weighted by molar-refractivity contribution is 5.61. The number of para-hydroxylation sites is 1. The summed E-state index contributed by atoms with van der Waals surface area (Å²) in [6.07, 6.45) is 2.58. The first-order valence-electron chi connectivity index (χ1n) is 7.75. The van der Waals surface area contributed by atoms with E-state index in [4.69, 9.17) is 4.74 Å². The van der Waals surface area contributed by atoms with Gasteiger partial charge in [0, 0.05) is 38.8 Å². The van der Waals surface area contributed by atoms with Crippen LogP contribution in [0.1, 0.15) is 18.1 Å². The maximum Gasteiger partial charge on any atom is 0.0743 e. The Labute approximate surface area is 122 Å². The molecule has 0 radical (unpaired) electrons. The molecule has 0 unspecified atom stereocenters. The third-order valence-corrected chi connectivity index (χ3v) is 4.53. The van der Waals surface area contributed by atoms with Gasteiger partial charge in [-0.15, -0.1) is 0 Å². The molecule has 2 aliphatic heterocycles. The lowest BCUT2D eigenvalue weighted by atomic mass is 9.90. The van der Waals surface area contributed by atoms with Gasteiger partial charge < -0.3 is 14.5 Å². The van der Waals surface area contributed by atoms with Crippen LogP contribution in [0.15, 0.2) is 18.2 Å². The van der Waals surface area contributed by atoms with E-state index in [9.17, 15) is 0 Å². The van der Waals surface area contributed by atoms with Crippen molar-refractivity contribution in [1.29, 1.82) is 0 Å². The number of nitrogens with zero attached hydrogens (tertiary/aromatic N) is 2. The van der Waals surface area contributed by atoms with Gasteiger partial charge in [0.15, 0.2) is 0 Å². The molecule has 1 aromatic carbocycles. The van der Waals surface area contributed by atoms with Crippen molar-refractivity contribution in [2.75, 3.05) is 45.2 Å². The van der Waals surface area contributed by atoms with Crippen LogP contribution >= 0.6 is 0 Å². The lowest BCUT2D eigenvalue weighted by molar-refractivity contribution is -0.0185. The summed E-state index contributed by atoms with van der Waals surface area (Å²) in [4.78, 5) is 4.81. The second-order valence-electron chi connectivity index (χ2n) is 6.57. The van der Waals surface area contributed by atoms with Crippen LogP contribution in [0.25, 0.3) is 0 Å². The predicted molar refractivity (Wildman–Crippen MR) is 83.5 cm³/mol. The fourth-order valence-electron chi connectivity index (χ4n) is 3.70. The first-order chi connectivity index (χ1) is 9.63. The highest BCUT2D eigenvalue weighted by Crippen LogP contribution is 2.33. The summed E-state index contributed by atoms with van der Waals surface area (Å²) in [5.74, 6) is 0.750. The molecule has 20 heavy (non-hydrogen) atoms. The number of hydrogen-bond acceptors (Lipinski definition) is 3. The number of ether oxygens (including phenoxy) is 1. The number of rotatable bonds is 2. The minimum Gasteiger partial charge on any atom is -0.375 e. The Bertz CT molecular complexity index is 474. The first kappa shape index (κ1) is 13.9. The molecule has 0 aliphatic carbocycles. The molecule has 110 valence electrons. The number of benzene rings is 1. The standard InChI is InChI=1S/C17H26N2O/c1-13-9-14-5-4-6-15(17(14)19(3)11-13)10-16-12-18(2)7-8-20-16/h4-6,13,16H,7-12H2,1-3H3/t13-,16+/m1/s1. The Kier molecular flexibility index (Phi) is 3.99. The fraction of sp³-hybridized carbons (Fsp3) is 0.647. The predicted octanol–water partition coefficient (Wildman–Crippen LogP) is 2.19. The molecule has 0 aromatic heterocycles. The zero-order chi connectivity index (χ0) is 14.1. The molecule has 0 N–H and O–H groups in total. The minimum atomic E-state index is 0.341. The molecule has 0 bridgehead atoms. The lowest BCUT2D eigenvalue weighted by Crippen LogP contribution is -2.41. The summed E-state index contributed by atoms with van der Waals surface area (Å²) >= 11 is 0. The number of morpholine rings is 1. The Morgan fingerprint density at radius 1 is 1.25 bits per heavy atom. The van der Waals surface area contributed by atoms with Gasteiger partial charge in [-0.2, -0.15) is 0 Å². The smallest absolute Gasteiger partial charge is 0.0743 e. The molecule has 1 fully saturated rings. The maximum absolute atomic E-state index is 5.94. The average molecular weight is 274 g/mol. The van der Waals surface area contributed by atoms with Gasteiger partial charge in [0.2, 0.25) is 0 Å².